The molecule has 1 unspecified atom stereocenters. The maximum absolute atomic E-state index is 12.4. The maximum Gasteiger partial charge on any atom is 0.199 e. The number of nitrogens with zero attached hydrogens (tertiary/aromatic N) is 2. The van der Waals surface area contributed by atoms with Crippen LogP contribution in [0.4, 0.5) is 0 Å². The van der Waals surface area contributed by atoms with E-state index < -0.39 is 0 Å². The molecule has 0 bridgehead atoms. The third-order valence-corrected chi connectivity index (χ3v) is 3.48. The summed E-state index contributed by atoms with van der Waals surface area (Å²) in [7, 11) is 0. The van der Waals surface area contributed by atoms with Crippen LogP contribution in [0.25, 0.3) is 0 Å². The Hall–Kier alpha value is -0.870. The van der Waals surface area contributed by atoms with Crippen molar-refractivity contribution in [2.45, 2.75) is 45.2 Å². The van der Waals surface area contributed by atoms with Gasteiger partial charge in [0.2, 0.25) is 0 Å². The van der Waals surface area contributed by atoms with Crippen molar-refractivity contribution in [3.8, 4) is 0 Å². The first-order valence-electron chi connectivity index (χ1n) is 6.23. The standard InChI is InChI=1S/C12H18ClN3O/c1-2-16-11(9(13)8-15-16)12(17)10-6-4-3-5-7-14-10/h8,10,14H,2-7H2,1H3. The second-order valence-electron chi connectivity index (χ2n) is 4.38. The highest BCUT2D eigenvalue weighted by atomic mass is 35.5. The Balaban J connectivity index is 2.20. The van der Waals surface area contributed by atoms with E-state index in [1.807, 2.05) is 6.92 Å². The van der Waals surface area contributed by atoms with Crippen molar-refractivity contribution in [2.75, 3.05) is 6.54 Å². The minimum atomic E-state index is -0.100. The summed E-state index contributed by atoms with van der Waals surface area (Å²) in [5.41, 5.74) is 0.550. The molecule has 1 aromatic heterocycles. The van der Waals surface area contributed by atoms with Crippen LogP contribution in [-0.4, -0.2) is 28.2 Å². The Morgan fingerprint density at radius 2 is 2.41 bits per heavy atom. The van der Waals surface area contributed by atoms with Gasteiger partial charge in [0.25, 0.3) is 0 Å². The van der Waals surface area contributed by atoms with Crippen LogP contribution >= 0.6 is 11.6 Å². The number of nitrogens with one attached hydrogen (secondary N) is 1. The number of aromatic nitrogens is 2. The molecule has 1 fully saturated rings. The minimum absolute atomic E-state index is 0.0799. The molecule has 0 radical (unpaired) electrons. The van der Waals surface area contributed by atoms with Gasteiger partial charge in [0.1, 0.15) is 5.69 Å². The molecule has 1 N–H and O–H groups in total. The first-order valence-corrected chi connectivity index (χ1v) is 6.60. The quantitative estimate of drug-likeness (QED) is 0.843. The van der Waals surface area contributed by atoms with Crippen LogP contribution in [-0.2, 0) is 6.54 Å². The van der Waals surface area contributed by atoms with Gasteiger partial charge in [-0.3, -0.25) is 9.48 Å². The zero-order valence-electron chi connectivity index (χ0n) is 10.1. The predicted octanol–water partition coefficient (Wildman–Crippen LogP) is 2.27. The third-order valence-electron chi connectivity index (χ3n) is 3.20. The molecule has 0 saturated carbocycles. The molecule has 94 valence electrons. The number of aryl methyl sites for hydroxylation is 1. The van der Waals surface area contributed by atoms with Crippen LogP contribution in [0.1, 0.15) is 43.1 Å². The molecule has 1 aromatic rings. The number of carbonyl (C=O) groups excluding carboxylic acids is 1. The van der Waals surface area contributed by atoms with Gasteiger partial charge in [-0.1, -0.05) is 24.4 Å². The lowest BCUT2D eigenvalue weighted by Crippen LogP contribution is -2.37. The summed E-state index contributed by atoms with van der Waals surface area (Å²) < 4.78 is 1.68. The summed E-state index contributed by atoms with van der Waals surface area (Å²) in [5, 5.41) is 7.87. The van der Waals surface area contributed by atoms with Gasteiger partial charge in [-0.2, -0.15) is 5.10 Å². The monoisotopic (exact) mass is 255 g/mol. The predicted molar refractivity (Wildman–Crippen MR) is 67.5 cm³/mol. The minimum Gasteiger partial charge on any atom is -0.307 e. The normalized spacial score (nSPS) is 21.2. The van der Waals surface area contributed by atoms with Crippen molar-refractivity contribution in [2.24, 2.45) is 0 Å². The Morgan fingerprint density at radius 3 is 3.18 bits per heavy atom. The van der Waals surface area contributed by atoms with Crippen LogP contribution in [0.5, 0.6) is 0 Å². The van der Waals surface area contributed by atoms with Crippen molar-refractivity contribution >= 4 is 17.4 Å². The summed E-state index contributed by atoms with van der Waals surface area (Å²) in [6, 6.07) is -0.100. The highest BCUT2D eigenvalue weighted by molar-refractivity contribution is 6.33. The summed E-state index contributed by atoms with van der Waals surface area (Å²) in [4.78, 5) is 12.4. The van der Waals surface area contributed by atoms with E-state index in [2.05, 4.69) is 10.4 Å². The van der Waals surface area contributed by atoms with Gasteiger partial charge in [0, 0.05) is 6.54 Å². The molecular formula is C12H18ClN3O. The molecule has 0 aromatic carbocycles. The van der Waals surface area contributed by atoms with E-state index in [4.69, 9.17) is 11.6 Å². The SMILES string of the molecule is CCn1ncc(Cl)c1C(=O)C1CCCCCN1. The Morgan fingerprint density at radius 1 is 1.59 bits per heavy atom. The fourth-order valence-electron chi connectivity index (χ4n) is 2.26. The van der Waals surface area contributed by atoms with E-state index >= 15 is 0 Å². The number of ketones is 1. The zero-order chi connectivity index (χ0) is 12.3. The summed E-state index contributed by atoms with van der Waals surface area (Å²) in [6.45, 7) is 3.54. The molecule has 1 aliphatic heterocycles. The average Bonchev–Trinajstić information content (AvgIpc) is 2.56. The van der Waals surface area contributed by atoms with Crippen molar-refractivity contribution in [1.82, 2.24) is 15.1 Å². The Labute approximate surface area is 106 Å². The van der Waals surface area contributed by atoms with E-state index in [1.54, 1.807) is 10.9 Å². The number of carbonyl (C=O) groups is 1. The number of Topliss-reactive ketones (excluding diaryl/α,β-unsaturated/α-hetero) is 1. The lowest BCUT2D eigenvalue weighted by Gasteiger charge is -2.15. The Bertz CT molecular complexity index is 394. The van der Waals surface area contributed by atoms with Crippen molar-refractivity contribution in [3.05, 3.63) is 16.9 Å². The second-order valence-corrected chi connectivity index (χ2v) is 4.78. The third kappa shape index (κ3) is 2.69. The molecule has 2 heterocycles. The average molecular weight is 256 g/mol. The topological polar surface area (TPSA) is 46.9 Å². The van der Waals surface area contributed by atoms with E-state index in [-0.39, 0.29) is 11.8 Å². The second kappa shape index (κ2) is 5.65. The largest absolute Gasteiger partial charge is 0.307 e. The lowest BCUT2D eigenvalue weighted by atomic mass is 10.0. The smallest absolute Gasteiger partial charge is 0.199 e. The molecule has 1 aliphatic rings. The Kier molecular flexibility index (Phi) is 4.18. The summed E-state index contributed by atoms with van der Waals surface area (Å²) in [6.07, 6.45) is 5.88. The molecule has 0 spiro atoms. The summed E-state index contributed by atoms with van der Waals surface area (Å²) >= 11 is 6.05. The van der Waals surface area contributed by atoms with Crippen LogP contribution in [0.2, 0.25) is 5.02 Å². The van der Waals surface area contributed by atoms with Gasteiger partial charge >= 0.3 is 0 Å². The molecule has 1 saturated heterocycles. The highest BCUT2D eigenvalue weighted by Gasteiger charge is 2.25. The molecule has 1 atom stereocenters. The fraction of sp³-hybridized carbons (Fsp3) is 0.667. The molecule has 2 rings (SSSR count). The van der Waals surface area contributed by atoms with Gasteiger partial charge in [0.05, 0.1) is 17.3 Å². The molecule has 5 heteroatoms. The van der Waals surface area contributed by atoms with Gasteiger partial charge in [-0.15, -0.1) is 0 Å². The van der Waals surface area contributed by atoms with Crippen molar-refractivity contribution < 1.29 is 4.79 Å². The lowest BCUT2D eigenvalue weighted by molar-refractivity contribution is 0.0930. The number of rotatable bonds is 3. The van der Waals surface area contributed by atoms with E-state index in [0.717, 1.165) is 25.8 Å². The molecule has 17 heavy (non-hydrogen) atoms. The van der Waals surface area contributed by atoms with Crippen LogP contribution in [0.15, 0.2) is 6.20 Å². The van der Waals surface area contributed by atoms with Crippen LogP contribution in [0.3, 0.4) is 0 Å². The first-order chi connectivity index (χ1) is 8.24. The van der Waals surface area contributed by atoms with Crippen LogP contribution in [0, 0.1) is 0 Å². The van der Waals surface area contributed by atoms with Crippen molar-refractivity contribution in [1.29, 1.82) is 0 Å². The van der Waals surface area contributed by atoms with E-state index in [1.165, 1.54) is 6.42 Å². The maximum atomic E-state index is 12.4. The van der Waals surface area contributed by atoms with E-state index in [0.29, 0.717) is 17.3 Å². The first kappa shape index (κ1) is 12.6. The number of hydrogen-bond donors (Lipinski definition) is 1. The van der Waals surface area contributed by atoms with Gasteiger partial charge in [0.15, 0.2) is 5.78 Å². The zero-order valence-corrected chi connectivity index (χ0v) is 10.8. The molecule has 0 amide bonds. The molecule has 0 aliphatic carbocycles. The highest BCUT2D eigenvalue weighted by Crippen LogP contribution is 2.20. The van der Waals surface area contributed by atoms with Crippen molar-refractivity contribution in [3.63, 3.8) is 0 Å². The van der Waals surface area contributed by atoms with Crippen LogP contribution < -0.4 is 5.32 Å². The van der Waals surface area contributed by atoms with Gasteiger partial charge in [-0.25, -0.2) is 0 Å². The number of hydrogen-bond acceptors (Lipinski definition) is 3. The summed E-state index contributed by atoms with van der Waals surface area (Å²) in [5.74, 6) is 0.0799. The van der Waals surface area contributed by atoms with Gasteiger partial charge in [-0.05, 0) is 26.3 Å². The van der Waals surface area contributed by atoms with Gasteiger partial charge < -0.3 is 5.32 Å². The van der Waals surface area contributed by atoms with E-state index in [9.17, 15) is 4.79 Å². The molecular weight excluding hydrogens is 238 g/mol. The number of halogens is 1. The fourth-order valence-corrected chi connectivity index (χ4v) is 2.50. The molecule has 4 nitrogen and oxygen atoms in total.